The summed E-state index contributed by atoms with van der Waals surface area (Å²) in [6.45, 7) is 1.83. The van der Waals surface area contributed by atoms with E-state index in [1.165, 1.54) is 18.3 Å². The Morgan fingerprint density at radius 3 is 2.45 bits per heavy atom. The van der Waals surface area contributed by atoms with Crippen LogP contribution in [-0.4, -0.2) is 13.4 Å². The summed E-state index contributed by atoms with van der Waals surface area (Å²) in [4.78, 5) is 4.25. The van der Waals surface area contributed by atoms with Crippen LogP contribution in [0.3, 0.4) is 0 Å². The van der Waals surface area contributed by atoms with Crippen LogP contribution >= 0.6 is 0 Å². The summed E-state index contributed by atoms with van der Waals surface area (Å²) in [5.41, 5.74) is 1.99. The summed E-state index contributed by atoms with van der Waals surface area (Å²) in [7, 11) is -3.78. The quantitative estimate of drug-likeness (QED) is 0.805. The molecule has 0 fully saturated rings. The van der Waals surface area contributed by atoms with Gasteiger partial charge in [0.05, 0.1) is 22.3 Å². The van der Waals surface area contributed by atoms with Crippen molar-refractivity contribution < 1.29 is 12.8 Å². The molecular formula is C16H13FN2O2S. The van der Waals surface area contributed by atoms with E-state index in [4.69, 9.17) is 0 Å². The zero-order chi connectivity index (χ0) is 15.7. The fourth-order valence-corrected chi connectivity index (χ4v) is 3.31. The Kier molecular flexibility index (Phi) is 3.54. The molecule has 2 aromatic carbocycles. The first-order chi connectivity index (χ1) is 10.5. The summed E-state index contributed by atoms with van der Waals surface area (Å²) < 4.78 is 40.1. The zero-order valence-electron chi connectivity index (χ0n) is 11.7. The molecule has 0 amide bonds. The normalized spacial score (nSPS) is 11.5. The van der Waals surface area contributed by atoms with Gasteiger partial charge in [-0.1, -0.05) is 18.2 Å². The number of aromatic nitrogens is 1. The fourth-order valence-electron chi connectivity index (χ4n) is 2.20. The molecule has 0 radical (unpaired) electrons. The van der Waals surface area contributed by atoms with Gasteiger partial charge < -0.3 is 0 Å². The second-order valence-electron chi connectivity index (χ2n) is 4.87. The highest BCUT2D eigenvalue weighted by Gasteiger charge is 2.16. The number of sulfonamides is 1. The average molecular weight is 316 g/mol. The van der Waals surface area contributed by atoms with E-state index in [2.05, 4.69) is 9.71 Å². The van der Waals surface area contributed by atoms with E-state index in [9.17, 15) is 12.8 Å². The molecule has 0 aliphatic heterocycles. The van der Waals surface area contributed by atoms with E-state index in [1.54, 1.807) is 0 Å². The van der Waals surface area contributed by atoms with Gasteiger partial charge in [0.2, 0.25) is 0 Å². The summed E-state index contributed by atoms with van der Waals surface area (Å²) in [5.74, 6) is -0.484. The third kappa shape index (κ3) is 2.65. The van der Waals surface area contributed by atoms with Crippen LogP contribution in [0.15, 0.2) is 59.6 Å². The second kappa shape index (κ2) is 5.38. The van der Waals surface area contributed by atoms with Gasteiger partial charge in [0.1, 0.15) is 5.82 Å². The molecule has 0 spiro atoms. The molecule has 112 valence electrons. The number of nitrogens with one attached hydrogen (secondary N) is 1. The lowest BCUT2D eigenvalue weighted by Crippen LogP contribution is -2.14. The largest absolute Gasteiger partial charge is 0.278 e. The Morgan fingerprint density at radius 2 is 1.73 bits per heavy atom. The molecule has 22 heavy (non-hydrogen) atoms. The summed E-state index contributed by atoms with van der Waals surface area (Å²) in [6, 6.07) is 12.2. The van der Waals surface area contributed by atoms with Crippen molar-refractivity contribution in [1.82, 2.24) is 4.98 Å². The van der Waals surface area contributed by atoms with E-state index in [-0.39, 0.29) is 4.90 Å². The van der Waals surface area contributed by atoms with Gasteiger partial charge in [0.15, 0.2) is 0 Å². The molecule has 0 unspecified atom stereocenters. The zero-order valence-corrected chi connectivity index (χ0v) is 12.6. The van der Waals surface area contributed by atoms with Crippen molar-refractivity contribution in [2.75, 3.05) is 4.72 Å². The highest BCUT2D eigenvalue weighted by molar-refractivity contribution is 7.92. The predicted molar refractivity (Wildman–Crippen MR) is 83.7 cm³/mol. The lowest BCUT2D eigenvalue weighted by Gasteiger charge is -2.12. The Hall–Kier alpha value is -2.47. The van der Waals surface area contributed by atoms with Crippen LogP contribution in [0.25, 0.3) is 10.9 Å². The first-order valence-corrected chi connectivity index (χ1v) is 8.08. The molecule has 3 rings (SSSR count). The number of halogens is 1. The maximum Gasteiger partial charge on any atom is 0.261 e. The monoisotopic (exact) mass is 316 g/mol. The van der Waals surface area contributed by atoms with Crippen LogP contribution < -0.4 is 4.72 Å². The van der Waals surface area contributed by atoms with Crippen molar-refractivity contribution in [1.29, 1.82) is 0 Å². The Balaban J connectivity index is 2.02. The molecule has 0 aliphatic carbocycles. The maximum absolute atomic E-state index is 12.9. The van der Waals surface area contributed by atoms with Gasteiger partial charge in [0.25, 0.3) is 10.0 Å². The van der Waals surface area contributed by atoms with Gasteiger partial charge in [-0.05, 0) is 42.8 Å². The van der Waals surface area contributed by atoms with Crippen molar-refractivity contribution >= 4 is 26.6 Å². The van der Waals surface area contributed by atoms with E-state index >= 15 is 0 Å². The van der Waals surface area contributed by atoms with Crippen molar-refractivity contribution in [3.8, 4) is 0 Å². The minimum Gasteiger partial charge on any atom is -0.278 e. The van der Waals surface area contributed by atoms with E-state index in [0.29, 0.717) is 5.69 Å². The Labute approximate surface area is 127 Å². The van der Waals surface area contributed by atoms with Gasteiger partial charge in [-0.25, -0.2) is 12.8 Å². The molecular weight excluding hydrogens is 303 g/mol. The topological polar surface area (TPSA) is 59.1 Å². The molecule has 0 atom stereocenters. The van der Waals surface area contributed by atoms with Crippen LogP contribution in [0.5, 0.6) is 0 Å². The van der Waals surface area contributed by atoms with E-state index < -0.39 is 15.8 Å². The molecule has 1 heterocycles. The highest BCUT2D eigenvalue weighted by atomic mass is 32.2. The lowest BCUT2D eigenvalue weighted by molar-refractivity contribution is 0.599. The van der Waals surface area contributed by atoms with Gasteiger partial charge >= 0.3 is 0 Å². The predicted octanol–water partition coefficient (Wildman–Crippen LogP) is 3.48. The molecule has 0 aliphatic rings. The van der Waals surface area contributed by atoms with Crippen LogP contribution in [0.1, 0.15) is 5.56 Å². The SMILES string of the molecule is Cc1c(NS(=O)(=O)c2ccc(F)cc2)cnc2ccccc12. The van der Waals surface area contributed by atoms with Gasteiger partial charge in [0, 0.05) is 5.39 Å². The van der Waals surface area contributed by atoms with E-state index in [0.717, 1.165) is 28.6 Å². The van der Waals surface area contributed by atoms with Crippen LogP contribution in [0.2, 0.25) is 0 Å². The summed E-state index contributed by atoms with van der Waals surface area (Å²) >= 11 is 0. The lowest BCUT2D eigenvalue weighted by atomic mass is 10.1. The van der Waals surface area contributed by atoms with Crippen molar-refractivity contribution in [3.05, 3.63) is 66.1 Å². The van der Waals surface area contributed by atoms with Gasteiger partial charge in [-0.15, -0.1) is 0 Å². The molecule has 1 aromatic heterocycles. The number of benzene rings is 2. The fraction of sp³-hybridized carbons (Fsp3) is 0.0625. The third-order valence-electron chi connectivity index (χ3n) is 3.41. The smallest absolute Gasteiger partial charge is 0.261 e. The summed E-state index contributed by atoms with van der Waals surface area (Å²) in [5, 5.41) is 0.877. The number of para-hydroxylation sites is 1. The number of hydrogen-bond donors (Lipinski definition) is 1. The first kappa shape index (κ1) is 14.5. The second-order valence-corrected chi connectivity index (χ2v) is 6.56. The molecule has 4 nitrogen and oxygen atoms in total. The summed E-state index contributed by atoms with van der Waals surface area (Å²) in [6.07, 6.45) is 1.48. The molecule has 0 saturated carbocycles. The van der Waals surface area contributed by atoms with Crippen molar-refractivity contribution in [2.45, 2.75) is 11.8 Å². The minimum atomic E-state index is -3.78. The number of pyridine rings is 1. The molecule has 6 heteroatoms. The van der Waals surface area contributed by atoms with Gasteiger partial charge in [-0.2, -0.15) is 0 Å². The molecule has 1 N–H and O–H groups in total. The number of rotatable bonds is 3. The first-order valence-electron chi connectivity index (χ1n) is 6.60. The van der Waals surface area contributed by atoms with Crippen LogP contribution in [-0.2, 0) is 10.0 Å². The van der Waals surface area contributed by atoms with Crippen LogP contribution in [0, 0.1) is 12.7 Å². The number of fused-ring (bicyclic) bond motifs is 1. The highest BCUT2D eigenvalue weighted by Crippen LogP contribution is 2.25. The standard InChI is InChI=1S/C16H13FN2O2S/c1-11-14-4-2-3-5-15(14)18-10-16(11)19-22(20,21)13-8-6-12(17)7-9-13/h2-10,19H,1H3. The van der Waals surface area contributed by atoms with Crippen molar-refractivity contribution in [3.63, 3.8) is 0 Å². The Bertz CT molecular complexity index is 938. The number of hydrogen-bond acceptors (Lipinski definition) is 3. The molecule has 0 saturated heterocycles. The maximum atomic E-state index is 12.9. The number of aryl methyl sites for hydroxylation is 1. The Morgan fingerprint density at radius 1 is 1.05 bits per heavy atom. The molecule has 3 aromatic rings. The van der Waals surface area contributed by atoms with Crippen molar-refractivity contribution in [2.24, 2.45) is 0 Å². The van der Waals surface area contributed by atoms with Gasteiger partial charge in [-0.3, -0.25) is 9.71 Å². The minimum absolute atomic E-state index is 0.00135. The third-order valence-corrected chi connectivity index (χ3v) is 4.79. The van der Waals surface area contributed by atoms with Crippen LogP contribution in [0.4, 0.5) is 10.1 Å². The molecule has 0 bridgehead atoms. The average Bonchev–Trinajstić information content (AvgIpc) is 2.51. The number of nitrogens with zero attached hydrogens (tertiary/aromatic N) is 1. The number of anilines is 1. The van der Waals surface area contributed by atoms with E-state index in [1.807, 2.05) is 31.2 Å².